The van der Waals surface area contributed by atoms with Gasteiger partial charge in [-0.25, -0.2) is 0 Å². The van der Waals surface area contributed by atoms with Crippen LogP contribution in [0.4, 0.5) is 0 Å². The van der Waals surface area contributed by atoms with Gasteiger partial charge in [-0.15, -0.1) is 0 Å². The molecule has 2 aromatic carbocycles. The highest BCUT2D eigenvalue weighted by Gasteiger charge is 2.42. The summed E-state index contributed by atoms with van der Waals surface area (Å²) in [5, 5.41) is 3.24. The molecule has 0 bridgehead atoms. The second-order valence-corrected chi connectivity index (χ2v) is 7.75. The number of quaternary nitrogens is 1. The van der Waals surface area contributed by atoms with Crippen molar-refractivity contribution in [2.75, 3.05) is 20.8 Å². The Bertz CT molecular complexity index is 820. The molecule has 0 spiro atoms. The normalized spacial score (nSPS) is 22.5. The van der Waals surface area contributed by atoms with Gasteiger partial charge >= 0.3 is 0 Å². The number of carbonyl (C=O) groups excluding carboxylic acids is 1. The molecule has 148 valence electrons. The van der Waals surface area contributed by atoms with Crippen molar-refractivity contribution in [2.24, 2.45) is 0 Å². The molecule has 1 amide bonds. The van der Waals surface area contributed by atoms with Crippen molar-refractivity contribution in [3.8, 4) is 11.5 Å². The Hall–Kier alpha value is -2.53. The van der Waals surface area contributed by atoms with E-state index in [0.29, 0.717) is 6.04 Å². The van der Waals surface area contributed by atoms with E-state index in [1.807, 2.05) is 30.3 Å². The van der Waals surface area contributed by atoms with Crippen LogP contribution in [0.2, 0.25) is 0 Å². The number of amides is 1. The van der Waals surface area contributed by atoms with E-state index in [4.69, 9.17) is 9.47 Å². The summed E-state index contributed by atoms with van der Waals surface area (Å²) in [6.07, 6.45) is 4.32. The molecule has 3 atom stereocenters. The zero-order chi connectivity index (χ0) is 19.5. The number of hydrogen-bond donors (Lipinski definition) is 2. The first kappa shape index (κ1) is 18.8. The fourth-order valence-corrected chi connectivity index (χ4v) is 4.37. The van der Waals surface area contributed by atoms with E-state index in [1.165, 1.54) is 4.90 Å². The molecule has 28 heavy (non-hydrogen) atoms. The van der Waals surface area contributed by atoms with Crippen molar-refractivity contribution in [1.29, 1.82) is 0 Å². The predicted octanol–water partition coefficient (Wildman–Crippen LogP) is 2.44. The van der Waals surface area contributed by atoms with Gasteiger partial charge in [0.25, 0.3) is 5.91 Å². The maximum atomic E-state index is 13.2. The van der Waals surface area contributed by atoms with Crippen LogP contribution in [0.1, 0.15) is 48.9 Å². The van der Waals surface area contributed by atoms with Crippen LogP contribution in [0.25, 0.3) is 0 Å². The molecule has 5 heteroatoms. The number of likely N-dealkylation sites (tertiary alicyclic amines) is 1. The molecule has 0 aromatic heterocycles. The Labute approximate surface area is 166 Å². The fraction of sp³-hybridized carbons (Fsp3) is 0.435. The summed E-state index contributed by atoms with van der Waals surface area (Å²) in [6.45, 7) is 0.970. The van der Waals surface area contributed by atoms with Crippen molar-refractivity contribution < 1.29 is 19.2 Å². The summed E-state index contributed by atoms with van der Waals surface area (Å²) >= 11 is 0. The highest BCUT2D eigenvalue weighted by atomic mass is 16.5. The lowest BCUT2D eigenvalue weighted by atomic mass is 9.98. The minimum Gasteiger partial charge on any atom is -0.497 e. The van der Waals surface area contributed by atoms with Gasteiger partial charge in [0.2, 0.25) is 0 Å². The van der Waals surface area contributed by atoms with Gasteiger partial charge in [-0.05, 0) is 25.0 Å². The van der Waals surface area contributed by atoms with E-state index in [-0.39, 0.29) is 18.0 Å². The predicted molar refractivity (Wildman–Crippen MR) is 108 cm³/mol. The van der Waals surface area contributed by atoms with Crippen LogP contribution >= 0.6 is 0 Å². The van der Waals surface area contributed by atoms with Gasteiger partial charge in [0.15, 0.2) is 6.04 Å². The summed E-state index contributed by atoms with van der Waals surface area (Å²) in [5.41, 5.74) is 2.23. The summed E-state index contributed by atoms with van der Waals surface area (Å²) in [4.78, 5) is 14.5. The molecule has 1 aliphatic carbocycles. The average Bonchev–Trinajstić information content (AvgIpc) is 3.42. The number of benzene rings is 2. The maximum absolute atomic E-state index is 13.2. The third-order valence-corrected chi connectivity index (χ3v) is 5.91. The molecule has 5 nitrogen and oxygen atoms in total. The van der Waals surface area contributed by atoms with Crippen LogP contribution in [-0.4, -0.2) is 32.7 Å². The Morgan fingerprint density at radius 2 is 1.86 bits per heavy atom. The van der Waals surface area contributed by atoms with Gasteiger partial charge in [-0.3, -0.25) is 4.79 Å². The second kappa shape index (κ2) is 8.23. The molecule has 2 aromatic rings. The summed E-state index contributed by atoms with van der Waals surface area (Å²) in [7, 11) is 3.36. The fourth-order valence-electron chi connectivity index (χ4n) is 4.37. The zero-order valence-electron chi connectivity index (χ0n) is 16.6. The Morgan fingerprint density at radius 1 is 1.07 bits per heavy atom. The minimum absolute atomic E-state index is 0.142. The van der Waals surface area contributed by atoms with Crippen molar-refractivity contribution in [3.63, 3.8) is 0 Å². The molecule has 0 radical (unpaired) electrons. The van der Waals surface area contributed by atoms with Crippen molar-refractivity contribution in [1.82, 2.24) is 5.32 Å². The maximum Gasteiger partial charge on any atom is 0.283 e. The first-order chi connectivity index (χ1) is 13.7. The lowest BCUT2D eigenvalue weighted by molar-refractivity contribution is -0.940. The largest absolute Gasteiger partial charge is 0.497 e. The summed E-state index contributed by atoms with van der Waals surface area (Å²) in [5.74, 6) is 1.76. The van der Waals surface area contributed by atoms with Gasteiger partial charge in [0.1, 0.15) is 17.5 Å². The van der Waals surface area contributed by atoms with Crippen LogP contribution in [0, 0.1) is 0 Å². The third kappa shape index (κ3) is 3.85. The van der Waals surface area contributed by atoms with E-state index in [9.17, 15) is 4.79 Å². The number of methoxy groups -OCH3 is 2. The lowest BCUT2D eigenvalue weighted by Gasteiger charge is -2.30. The molecule has 1 saturated carbocycles. The number of nitrogens with one attached hydrogen (secondary N) is 2. The standard InChI is InChI=1S/C23H28N2O3/c1-27-18-12-13-19(21(15-18)28-2)20-9-6-14-25(20)22(16-7-4-3-5-8-16)23(26)24-17-10-11-17/h3-5,7-8,12-13,15,17,20,22H,6,9-11,14H2,1-2H3,(H,24,26)/p+1/t20-,22-/m0/s1. The molecular formula is C23H29N2O3+. The van der Waals surface area contributed by atoms with E-state index >= 15 is 0 Å². The molecule has 1 heterocycles. The van der Waals surface area contributed by atoms with Gasteiger partial charge in [0.05, 0.1) is 26.3 Å². The van der Waals surface area contributed by atoms with Gasteiger partial charge in [0, 0.05) is 30.5 Å². The Morgan fingerprint density at radius 3 is 2.54 bits per heavy atom. The van der Waals surface area contributed by atoms with Gasteiger partial charge in [-0.2, -0.15) is 0 Å². The van der Waals surface area contributed by atoms with Crippen LogP contribution in [0.15, 0.2) is 48.5 Å². The van der Waals surface area contributed by atoms with Gasteiger partial charge < -0.3 is 19.7 Å². The molecule has 4 rings (SSSR count). The SMILES string of the molecule is COc1ccc([C@@H]2CCC[NH+]2[C@H](C(=O)NC2CC2)c2ccccc2)c(OC)c1. The Balaban J connectivity index is 1.68. The molecule has 2 fully saturated rings. The highest BCUT2D eigenvalue weighted by Crippen LogP contribution is 2.33. The highest BCUT2D eigenvalue weighted by molar-refractivity contribution is 5.82. The topological polar surface area (TPSA) is 52.0 Å². The van der Waals surface area contributed by atoms with Crippen LogP contribution < -0.4 is 19.7 Å². The minimum atomic E-state index is -0.207. The average molecular weight is 381 g/mol. The number of ether oxygens (including phenoxy) is 2. The van der Waals surface area contributed by atoms with Crippen molar-refractivity contribution in [2.45, 2.75) is 43.8 Å². The molecule has 2 aliphatic rings. The summed E-state index contributed by atoms with van der Waals surface area (Å²) < 4.78 is 11.0. The second-order valence-electron chi connectivity index (χ2n) is 7.75. The molecule has 1 aliphatic heterocycles. The van der Waals surface area contributed by atoms with E-state index < -0.39 is 0 Å². The molecular weight excluding hydrogens is 352 g/mol. The number of hydrogen-bond acceptors (Lipinski definition) is 3. The van der Waals surface area contributed by atoms with Crippen LogP contribution in [0.5, 0.6) is 11.5 Å². The first-order valence-electron chi connectivity index (χ1n) is 10.1. The van der Waals surface area contributed by atoms with Crippen LogP contribution in [-0.2, 0) is 4.79 Å². The van der Waals surface area contributed by atoms with E-state index in [1.54, 1.807) is 14.2 Å². The summed E-state index contributed by atoms with van der Waals surface area (Å²) in [6, 6.07) is 16.6. The Kier molecular flexibility index (Phi) is 5.53. The van der Waals surface area contributed by atoms with E-state index in [2.05, 4.69) is 23.5 Å². The van der Waals surface area contributed by atoms with Crippen molar-refractivity contribution in [3.05, 3.63) is 59.7 Å². The number of rotatable bonds is 7. The molecule has 2 N–H and O–H groups in total. The smallest absolute Gasteiger partial charge is 0.283 e. The van der Waals surface area contributed by atoms with Crippen molar-refractivity contribution >= 4 is 5.91 Å². The quantitative estimate of drug-likeness (QED) is 0.775. The molecule has 1 saturated heterocycles. The number of carbonyl (C=O) groups is 1. The van der Waals surface area contributed by atoms with Crippen LogP contribution in [0.3, 0.4) is 0 Å². The lowest BCUT2D eigenvalue weighted by Crippen LogP contribution is -3.11. The van der Waals surface area contributed by atoms with E-state index in [0.717, 1.165) is 54.9 Å². The molecule has 1 unspecified atom stereocenters. The van der Waals surface area contributed by atoms with Gasteiger partial charge in [-0.1, -0.05) is 30.3 Å². The monoisotopic (exact) mass is 381 g/mol. The third-order valence-electron chi connectivity index (χ3n) is 5.91. The zero-order valence-corrected chi connectivity index (χ0v) is 16.6. The first-order valence-corrected chi connectivity index (χ1v) is 10.1.